The van der Waals surface area contributed by atoms with Gasteiger partial charge in [0.2, 0.25) is 5.82 Å². The molecule has 0 unspecified atom stereocenters. The van der Waals surface area contributed by atoms with Crippen molar-refractivity contribution >= 4 is 11.6 Å². The molecule has 4 nitrogen and oxygen atoms in total. The van der Waals surface area contributed by atoms with Crippen molar-refractivity contribution in [3.8, 4) is 0 Å². The maximum absolute atomic E-state index is 12.8. The van der Waals surface area contributed by atoms with Crippen LogP contribution in [0.2, 0.25) is 0 Å². The van der Waals surface area contributed by atoms with Gasteiger partial charge in [-0.3, -0.25) is 0 Å². The molecule has 120 valence electrons. The molecule has 7 heteroatoms. The quantitative estimate of drug-likeness (QED) is 0.794. The van der Waals surface area contributed by atoms with Gasteiger partial charge in [-0.05, 0) is 18.3 Å². The van der Waals surface area contributed by atoms with Crippen LogP contribution < -0.4 is 10.6 Å². The normalized spacial score (nSPS) is 12.3. The minimum atomic E-state index is -4.55. The van der Waals surface area contributed by atoms with Gasteiger partial charge in [-0.15, -0.1) is 0 Å². The largest absolute Gasteiger partial charge is 0.451 e. The SMILES string of the molecule is CCCNc1cc(NCC(C)(C)CC)nc(C(F)(F)F)n1. The standard InChI is InChI=1S/C14H23F3N4/c1-5-7-18-10-8-11(19-9-13(3,4)6-2)21-12(20-10)14(15,16)17/h8H,5-7,9H2,1-4H3,(H2,18,19,20,21). The molecule has 1 rings (SSSR count). The molecule has 0 saturated heterocycles. The first-order valence-corrected chi connectivity index (χ1v) is 7.12. The van der Waals surface area contributed by atoms with Gasteiger partial charge in [-0.25, -0.2) is 9.97 Å². The van der Waals surface area contributed by atoms with Gasteiger partial charge in [0.25, 0.3) is 0 Å². The smallest absolute Gasteiger partial charge is 0.370 e. The first kappa shape index (κ1) is 17.5. The molecule has 0 aliphatic carbocycles. The third-order valence-corrected chi connectivity index (χ3v) is 3.24. The van der Waals surface area contributed by atoms with E-state index < -0.39 is 12.0 Å². The molecular weight excluding hydrogens is 281 g/mol. The molecule has 0 atom stereocenters. The van der Waals surface area contributed by atoms with Gasteiger partial charge >= 0.3 is 6.18 Å². The Kier molecular flexibility index (Phi) is 5.80. The van der Waals surface area contributed by atoms with E-state index in [1.165, 1.54) is 6.07 Å². The van der Waals surface area contributed by atoms with Crippen molar-refractivity contribution < 1.29 is 13.2 Å². The number of rotatable bonds is 7. The Morgan fingerprint density at radius 1 is 1.05 bits per heavy atom. The van der Waals surface area contributed by atoms with Crippen LogP contribution in [0.25, 0.3) is 0 Å². The Balaban J connectivity index is 2.96. The van der Waals surface area contributed by atoms with Crippen LogP contribution in [0, 0.1) is 5.41 Å². The van der Waals surface area contributed by atoms with E-state index in [-0.39, 0.29) is 17.1 Å². The fraction of sp³-hybridized carbons (Fsp3) is 0.714. The molecule has 0 spiro atoms. The van der Waals surface area contributed by atoms with E-state index in [9.17, 15) is 13.2 Å². The topological polar surface area (TPSA) is 49.8 Å². The summed E-state index contributed by atoms with van der Waals surface area (Å²) in [5.41, 5.74) is -0.0135. The highest BCUT2D eigenvalue weighted by molar-refractivity contribution is 5.48. The van der Waals surface area contributed by atoms with E-state index in [4.69, 9.17) is 0 Å². The third-order valence-electron chi connectivity index (χ3n) is 3.24. The highest BCUT2D eigenvalue weighted by Gasteiger charge is 2.35. The van der Waals surface area contributed by atoms with Crippen molar-refractivity contribution in [2.24, 2.45) is 5.41 Å². The molecule has 0 radical (unpaired) electrons. The molecule has 0 amide bonds. The van der Waals surface area contributed by atoms with Crippen LogP contribution in [-0.4, -0.2) is 23.1 Å². The molecule has 1 heterocycles. The van der Waals surface area contributed by atoms with Gasteiger partial charge in [-0.1, -0.05) is 27.7 Å². The molecule has 0 bridgehead atoms. The molecule has 21 heavy (non-hydrogen) atoms. The monoisotopic (exact) mass is 304 g/mol. The summed E-state index contributed by atoms with van der Waals surface area (Å²) in [6.45, 7) is 9.17. The predicted octanol–water partition coefficient (Wildman–Crippen LogP) is 4.17. The molecule has 0 fully saturated rings. The van der Waals surface area contributed by atoms with Crippen molar-refractivity contribution in [1.82, 2.24) is 9.97 Å². The predicted molar refractivity (Wildman–Crippen MR) is 78.4 cm³/mol. The lowest BCUT2D eigenvalue weighted by Gasteiger charge is -2.23. The van der Waals surface area contributed by atoms with Gasteiger partial charge in [0, 0.05) is 19.2 Å². The Morgan fingerprint density at radius 3 is 2.10 bits per heavy atom. The average Bonchev–Trinajstić information content (AvgIpc) is 2.42. The summed E-state index contributed by atoms with van der Waals surface area (Å²) < 4.78 is 38.5. The number of alkyl halides is 3. The lowest BCUT2D eigenvalue weighted by Crippen LogP contribution is -2.23. The van der Waals surface area contributed by atoms with Gasteiger partial charge in [0.15, 0.2) is 0 Å². The van der Waals surface area contributed by atoms with Crippen LogP contribution in [0.1, 0.15) is 46.4 Å². The maximum Gasteiger partial charge on any atom is 0.451 e. The van der Waals surface area contributed by atoms with Crippen molar-refractivity contribution in [3.63, 3.8) is 0 Å². The van der Waals surface area contributed by atoms with E-state index in [0.717, 1.165) is 12.8 Å². The van der Waals surface area contributed by atoms with E-state index in [1.807, 2.05) is 27.7 Å². The summed E-state index contributed by atoms with van der Waals surface area (Å²) in [6, 6.07) is 1.51. The summed E-state index contributed by atoms with van der Waals surface area (Å²) in [4.78, 5) is 7.08. The molecule has 0 aromatic carbocycles. The number of halogens is 3. The van der Waals surface area contributed by atoms with E-state index >= 15 is 0 Å². The second kappa shape index (κ2) is 6.95. The molecule has 1 aromatic rings. The van der Waals surface area contributed by atoms with Crippen molar-refractivity contribution in [3.05, 3.63) is 11.9 Å². The molecule has 1 aromatic heterocycles. The molecule has 0 aliphatic heterocycles. The zero-order valence-corrected chi connectivity index (χ0v) is 12.9. The highest BCUT2D eigenvalue weighted by atomic mass is 19.4. The van der Waals surface area contributed by atoms with Crippen LogP contribution in [0.4, 0.5) is 24.8 Å². The van der Waals surface area contributed by atoms with Gasteiger partial charge in [-0.2, -0.15) is 13.2 Å². The third kappa shape index (κ3) is 5.77. The fourth-order valence-corrected chi connectivity index (χ4v) is 1.46. The molecule has 0 saturated carbocycles. The number of nitrogens with one attached hydrogen (secondary N) is 2. The summed E-state index contributed by atoms with van der Waals surface area (Å²) in [5, 5.41) is 5.84. The van der Waals surface area contributed by atoms with Crippen LogP contribution in [0.15, 0.2) is 6.07 Å². The summed E-state index contributed by atoms with van der Waals surface area (Å²) >= 11 is 0. The van der Waals surface area contributed by atoms with Crippen LogP contribution in [0.5, 0.6) is 0 Å². The highest BCUT2D eigenvalue weighted by Crippen LogP contribution is 2.29. The molecule has 0 aliphatic rings. The Labute approximate surface area is 123 Å². The van der Waals surface area contributed by atoms with Gasteiger partial charge in [0.1, 0.15) is 11.6 Å². The van der Waals surface area contributed by atoms with E-state index in [0.29, 0.717) is 13.1 Å². The van der Waals surface area contributed by atoms with Crippen LogP contribution >= 0.6 is 0 Å². The first-order valence-electron chi connectivity index (χ1n) is 7.12. The number of anilines is 2. The van der Waals surface area contributed by atoms with Crippen molar-refractivity contribution in [1.29, 1.82) is 0 Å². The van der Waals surface area contributed by atoms with Crippen molar-refractivity contribution in [2.75, 3.05) is 23.7 Å². The maximum atomic E-state index is 12.8. The van der Waals surface area contributed by atoms with E-state index in [1.54, 1.807) is 0 Å². The second-order valence-corrected chi connectivity index (χ2v) is 5.76. The summed E-state index contributed by atoms with van der Waals surface area (Å²) in [7, 11) is 0. The molecule has 2 N–H and O–H groups in total. The minimum absolute atomic E-state index is 0.0135. The Bertz CT molecular complexity index is 458. The number of hydrogen-bond acceptors (Lipinski definition) is 4. The zero-order valence-electron chi connectivity index (χ0n) is 12.9. The molecular formula is C14H23F3N4. The van der Waals surface area contributed by atoms with Gasteiger partial charge < -0.3 is 10.6 Å². The van der Waals surface area contributed by atoms with E-state index in [2.05, 4.69) is 20.6 Å². The van der Waals surface area contributed by atoms with Crippen molar-refractivity contribution in [2.45, 2.75) is 46.7 Å². The number of hydrogen-bond donors (Lipinski definition) is 2. The van der Waals surface area contributed by atoms with Crippen LogP contribution in [0.3, 0.4) is 0 Å². The second-order valence-electron chi connectivity index (χ2n) is 5.76. The average molecular weight is 304 g/mol. The first-order chi connectivity index (χ1) is 9.68. The van der Waals surface area contributed by atoms with Gasteiger partial charge in [0.05, 0.1) is 0 Å². The lowest BCUT2D eigenvalue weighted by molar-refractivity contribution is -0.144. The lowest BCUT2D eigenvalue weighted by atomic mass is 9.90. The Morgan fingerprint density at radius 2 is 1.62 bits per heavy atom. The minimum Gasteiger partial charge on any atom is -0.370 e. The zero-order chi connectivity index (χ0) is 16.1. The van der Waals surface area contributed by atoms with Crippen LogP contribution in [-0.2, 0) is 6.18 Å². The fourth-order valence-electron chi connectivity index (χ4n) is 1.46. The number of nitrogens with zero attached hydrogens (tertiary/aromatic N) is 2. The summed E-state index contributed by atoms with van der Waals surface area (Å²) in [6.07, 6.45) is -2.84. The Hall–Kier alpha value is -1.53. The number of aromatic nitrogens is 2. The summed E-state index contributed by atoms with van der Waals surface area (Å²) in [5.74, 6) is -0.742.